The Labute approximate surface area is 126 Å². The Morgan fingerprint density at radius 1 is 1.24 bits per heavy atom. The predicted octanol–water partition coefficient (Wildman–Crippen LogP) is 2.09. The van der Waals surface area contributed by atoms with Crippen molar-refractivity contribution in [3.63, 3.8) is 0 Å². The van der Waals surface area contributed by atoms with Crippen LogP contribution in [0.15, 0.2) is 41.3 Å². The van der Waals surface area contributed by atoms with Crippen LogP contribution in [-0.4, -0.2) is 36.5 Å². The number of aliphatic hydroxyl groups excluding tert-OH is 1. The van der Waals surface area contributed by atoms with Crippen LogP contribution in [0.1, 0.15) is 24.8 Å². The summed E-state index contributed by atoms with van der Waals surface area (Å²) in [6, 6.07) is 6.52. The molecule has 114 valence electrons. The van der Waals surface area contributed by atoms with Crippen molar-refractivity contribution in [1.29, 1.82) is 0 Å². The predicted molar refractivity (Wildman–Crippen MR) is 81.3 cm³/mol. The largest absolute Gasteiger partial charge is 0.391 e. The maximum absolute atomic E-state index is 12.9. The van der Waals surface area contributed by atoms with Crippen molar-refractivity contribution in [1.82, 2.24) is 4.31 Å². The number of aryl methyl sites for hydroxylation is 1. The molecule has 1 aliphatic heterocycles. The van der Waals surface area contributed by atoms with Gasteiger partial charge < -0.3 is 5.11 Å². The number of nitrogens with zero attached hydrogens (tertiary/aromatic N) is 1. The number of sulfonamides is 1. The van der Waals surface area contributed by atoms with E-state index in [2.05, 4.69) is 6.58 Å². The molecule has 4 nitrogen and oxygen atoms in total. The molecule has 1 saturated carbocycles. The second kappa shape index (κ2) is 5.23. The molecule has 5 heteroatoms. The highest BCUT2D eigenvalue weighted by Gasteiger charge is 2.48. The van der Waals surface area contributed by atoms with E-state index in [-0.39, 0.29) is 12.0 Å². The van der Waals surface area contributed by atoms with E-state index in [1.54, 1.807) is 24.3 Å². The number of fused-ring (bicyclic) bond motifs is 1. The molecule has 2 fully saturated rings. The van der Waals surface area contributed by atoms with Gasteiger partial charge in [-0.1, -0.05) is 36.3 Å². The Bertz CT molecular complexity index is 651. The highest BCUT2D eigenvalue weighted by Crippen LogP contribution is 2.41. The molecule has 2 aliphatic rings. The molecule has 1 aromatic carbocycles. The Morgan fingerprint density at radius 3 is 2.57 bits per heavy atom. The SMILES string of the molecule is C=C1CN(S(=O)(=O)c2ccc(C)cc2)[C@H]2[C@@H]1CCC[C@@H]2O. The molecule has 0 bridgehead atoms. The van der Waals surface area contributed by atoms with Crippen molar-refractivity contribution >= 4 is 10.0 Å². The van der Waals surface area contributed by atoms with Crippen molar-refractivity contribution in [3.8, 4) is 0 Å². The lowest BCUT2D eigenvalue weighted by molar-refractivity contribution is 0.0549. The molecule has 1 saturated heterocycles. The molecular formula is C16H21NO3S. The molecule has 3 rings (SSSR count). The van der Waals surface area contributed by atoms with Crippen molar-refractivity contribution in [3.05, 3.63) is 42.0 Å². The molecule has 0 aromatic heterocycles. The lowest BCUT2D eigenvalue weighted by atomic mass is 9.82. The summed E-state index contributed by atoms with van der Waals surface area (Å²) in [6.07, 6.45) is 1.91. The van der Waals surface area contributed by atoms with Crippen LogP contribution >= 0.6 is 0 Å². The molecule has 3 atom stereocenters. The maximum atomic E-state index is 12.9. The van der Waals surface area contributed by atoms with Crippen molar-refractivity contribution in [2.75, 3.05) is 6.54 Å². The van der Waals surface area contributed by atoms with Crippen molar-refractivity contribution < 1.29 is 13.5 Å². The van der Waals surface area contributed by atoms with E-state index in [1.165, 1.54) is 4.31 Å². The standard InChI is InChI=1S/C16H21NO3S/c1-11-6-8-13(9-7-11)21(19,20)17-10-12(2)14-4-3-5-15(18)16(14)17/h6-9,14-16,18H,2-5,10H2,1H3/t14-,15+,16+/m1/s1. The second-order valence-electron chi connectivity index (χ2n) is 6.12. The molecule has 0 unspecified atom stereocenters. The minimum atomic E-state index is -3.58. The highest BCUT2D eigenvalue weighted by molar-refractivity contribution is 7.89. The van der Waals surface area contributed by atoms with E-state index in [4.69, 9.17) is 0 Å². The average Bonchev–Trinajstić information content (AvgIpc) is 2.79. The summed E-state index contributed by atoms with van der Waals surface area (Å²) in [7, 11) is -3.58. The van der Waals surface area contributed by atoms with Crippen LogP contribution in [0.3, 0.4) is 0 Å². The minimum Gasteiger partial charge on any atom is -0.391 e. The highest BCUT2D eigenvalue weighted by atomic mass is 32.2. The van der Waals surface area contributed by atoms with Gasteiger partial charge in [0.25, 0.3) is 0 Å². The van der Waals surface area contributed by atoms with E-state index in [9.17, 15) is 13.5 Å². The number of rotatable bonds is 2. The van der Waals surface area contributed by atoms with E-state index in [1.807, 2.05) is 6.92 Å². The van der Waals surface area contributed by atoms with Gasteiger partial charge in [0.05, 0.1) is 17.0 Å². The zero-order valence-electron chi connectivity index (χ0n) is 12.2. The second-order valence-corrected chi connectivity index (χ2v) is 8.01. The third-order valence-corrected chi connectivity index (χ3v) is 6.52. The van der Waals surface area contributed by atoms with Gasteiger partial charge in [-0.3, -0.25) is 0 Å². The fourth-order valence-corrected chi connectivity index (χ4v) is 5.20. The van der Waals surface area contributed by atoms with Crippen LogP contribution in [0.2, 0.25) is 0 Å². The first kappa shape index (κ1) is 14.8. The molecular weight excluding hydrogens is 286 g/mol. The lowest BCUT2D eigenvalue weighted by Crippen LogP contribution is -2.47. The molecule has 0 spiro atoms. The van der Waals surface area contributed by atoms with E-state index in [0.717, 1.165) is 24.0 Å². The quantitative estimate of drug-likeness (QED) is 0.851. The molecule has 1 N–H and O–H groups in total. The summed E-state index contributed by atoms with van der Waals surface area (Å²) >= 11 is 0. The number of aliphatic hydroxyl groups is 1. The normalized spacial score (nSPS) is 30.4. The first-order valence-corrected chi connectivity index (χ1v) is 8.79. The zero-order valence-corrected chi connectivity index (χ0v) is 13.0. The van der Waals surface area contributed by atoms with Gasteiger partial charge in [-0.15, -0.1) is 0 Å². The van der Waals surface area contributed by atoms with Gasteiger partial charge in [0.1, 0.15) is 0 Å². The van der Waals surface area contributed by atoms with Gasteiger partial charge >= 0.3 is 0 Å². The van der Waals surface area contributed by atoms with Crippen LogP contribution in [0.5, 0.6) is 0 Å². The fraction of sp³-hybridized carbons (Fsp3) is 0.500. The van der Waals surface area contributed by atoms with Gasteiger partial charge in [0, 0.05) is 12.5 Å². The molecule has 1 aromatic rings. The topological polar surface area (TPSA) is 57.6 Å². The lowest BCUT2D eigenvalue weighted by Gasteiger charge is -2.34. The van der Waals surface area contributed by atoms with Gasteiger partial charge in [-0.05, 0) is 31.9 Å². The maximum Gasteiger partial charge on any atom is 0.243 e. The van der Waals surface area contributed by atoms with E-state index < -0.39 is 16.1 Å². The minimum absolute atomic E-state index is 0.0916. The number of hydrogen-bond acceptors (Lipinski definition) is 3. The van der Waals surface area contributed by atoms with E-state index in [0.29, 0.717) is 17.9 Å². The van der Waals surface area contributed by atoms with Crippen molar-refractivity contribution in [2.45, 2.75) is 43.2 Å². The Hall–Kier alpha value is -1.17. The van der Waals surface area contributed by atoms with Gasteiger partial charge in [0.2, 0.25) is 10.0 Å². The average molecular weight is 307 g/mol. The van der Waals surface area contributed by atoms with Crippen LogP contribution in [0.4, 0.5) is 0 Å². The summed E-state index contributed by atoms with van der Waals surface area (Å²) < 4.78 is 27.2. The van der Waals surface area contributed by atoms with Crippen molar-refractivity contribution in [2.24, 2.45) is 5.92 Å². The first-order valence-electron chi connectivity index (χ1n) is 7.35. The van der Waals surface area contributed by atoms with Gasteiger partial charge in [-0.25, -0.2) is 8.42 Å². The van der Waals surface area contributed by atoms with Gasteiger partial charge in [-0.2, -0.15) is 4.31 Å². The summed E-state index contributed by atoms with van der Waals surface area (Å²) in [4.78, 5) is 0.291. The van der Waals surface area contributed by atoms with Gasteiger partial charge in [0.15, 0.2) is 0 Å². The Morgan fingerprint density at radius 2 is 1.90 bits per heavy atom. The summed E-state index contributed by atoms with van der Waals surface area (Å²) in [5.41, 5.74) is 1.95. The van der Waals surface area contributed by atoms with Crippen LogP contribution in [0, 0.1) is 12.8 Å². The molecule has 0 amide bonds. The zero-order chi connectivity index (χ0) is 15.2. The third kappa shape index (κ3) is 2.43. The molecule has 21 heavy (non-hydrogen) atoms. The number of benzene rings is 1. The molecule has 1 aliphatic carbocycles. The summed E-state index contributed by atoms with van der Waals surface area (Å²) in [6.45, 7) is 6.27. The van der Waals surface area contributed by atoms with Crippen LogP contribution in [-0.2, 0) is 10.0 Å². The summed E-state index contributed by atoms with van der Waals surface area (Å²) in [5.74, 6) is 0.0916. The van der Waals surface area contributed by atoms with E-state index >= 15 is 0 Å². The Kier molecular flexibility index (Phi) is 3.67. The van der Waals surface area contributed by atoms with Crippen LogP contribution < -0.4 is 0 Å². The fourth-order valence-electron chi connectivity index (χ4n) is 3.51. The van der Waals surface area contributed by atoms with Crippen LogP contribution in [0.25, 0.3) is 0 Å². The number of hydrogen-bond donors (Lipinski definition) is 1. The molecule has 1 heterocycles. The monoisotopic (exact) mass is 307 g/mol. The summed E-state index contributed by atoms with van der Waals surface area (Å²) in [5, 5.41) is 10.3. The smallest absolute Gasteiger partial charge is 0.243 e. The molecule has 0 radical (unpaired) electrons. The third-order valence-electron chi connectivity index (χ3n) is 4.66. The first-order chi connectivity index (χ1) is 9.91. The Balaban J connectivity index is 1.98.